The van der Waals surface area contributed by atoms with Crippen LogP contribution in [0.25, 0.3) is 0 Å². The molecule has 1 amide bonds. The van der Waals surface area contributed by atoms with Crippen LogP contribution < -0.4 is 5.73 Å². The molecule has 1 heterocycles. The van der Waals surface area contributed by atoms with Crippen molar-refractivity contribution in [2.24, 2.45) is 11.7 Å². The normalized spacial score (nSPS) is 32.2. The van der Waals surface area contributed by atoms with E-state index in [1.165, 1.54) is 6.42 Å². The average molecular weight is 194 g/mol. The van der Waals surface area contributed by atoms with Gasteiger partial charge in [0, 0.05) is 19.1 Å². The van der Waals surface area contributed by atoms with Crippen LogP contribution in [0.5, 0.6) is 0 Å². The van der Waals surface area contributed by atoms with E-state index in [1.54, 1.807) is 0 Å². The topological polar surface area (TPSA) is 46.3 Å². The van der Waals surface area contributed by atoms with E-state index in [1.807, 2.05) is 17.1 Å². The zero-order valence-electron chi connectivity index (χ0n) is 8.48. The first kappa shape index (κ1) is 9.71. The molecule has 0 aromatic rings. The summed E-state index contributed by atoms with van der Waals surface area (Å²) in [5.41, 5.74) is 5.73. The van der Waals surface area contributed by atoms with E-state index in [2.05, 4.69) is 0 Å². The Balaban J connectivity index is 1.91. The number of likely N-dealkylation sites (tertiary alicyclic amines) is 1. The lowest BCUT2D eigenvalue weighted by atomic mass is 10.0. The Labute approximate surface area is 84.9 Å². The Morgan fingerprint density at radius 2 is 1.93 bits per heavy atom. The van der Waals surface area contributed by atoms with Crippen LogP contribution in [0.1, 0.15) is 25.7 Å². The minimum Gasteiger partial charge on any atom is -0.342 e. The fourth-order valence-corrected chi connectivity index (χ4v) is 2.26. The lowest BCUT2D eigenvalue weighted by Gasteiger charge is -2.28. The lowest BCUT2D eigenvalue weighted by molar-refractivity contribution is -0.134. The Bertz CT molecular complexity index is 244. The van der Waals surface area contributed by atoms with E-state index in [0.717, 1.165) is 32.4 Å². The molecule has 2 atom stereocenters. The van der Waals surface area contributed by atoms with Gasteiger partial charge in [0.2, 0.25) is 5.91 Å². The molecule has 1 fully saturated rings. The van der Waals surface area contributed by atoms with Gasteiger partial charge in [-0.1, -0.05) is 12.2 Å². The molecular weight excluding hydrogens is 176 g/mol. The quantitative estimate of drug-likeness (QED) is 0.630. The van der Waals surface area contributed by atoms with Gasteiger partial charge in [0.1, 0.15) is 0 Å². The number of carbonyl (C=O) groups is 1. The highest BCUT2D eigenvalue weighted by Crippen LogP contribution is 2.21. The first-order valence-electron chi connectivity index (χ1n) is 5.50. The van der Waals surface area contributed by atoms with Crippen LogP contribution in [0.15, 0.2) is 12.2 Å². The van der Waals surface area contributed by atoms with Crippen molar-refractivity contribution < 1.29 is 4.79 Å². The number of hydrogen-bond acceptors (Lipinski definition) is 2. The minimum absolute atomic E-state index is 0.0584. The largest absolute Gasteiger partial charge is 0.342 e. The van der Waals surface area contributed by atoms with Crippen molar-refractivity contribution in [2.45, 2.75) is 31.7 Å². The van der Waals surface area contributed by atoms with Crippen molar-refractivity contribution in [1.82, 2.24) is 4.90 Å². The number of carbonyl (C=O) groups excluding carboxylic acids is 1. The first-order valence-corrected chi connectivity index (χ1v) is 5.50. The Morgan fingerprint density at radius 3 is 2.50 bits per heavy atom. The molecule has 1 saturated heterocycles. The molecular formula is C11H18N2O. The molecule has 2 unspecified atom stereocenters. The van der Waals surface area contributed by atoms with E-state index in [4.69, 9.17) is 5.73 Å². The summed E-state index contributed by atoms with van der Waals surface area (Å²) in [4.78, 5) is 14.0. The molecule has 0 bridgehead atoms. The van der Waals surface area contributed by atoms with Gasteiger partial charge in [-0.15, -0.1) is 0 Å². The third-order valence-electron chi connectivity index (χ3n) is 3.10. The first-order chi connectivity index (χ1) is 6.77. The number of rotatable bonds is 1. The second-order valence-electron chi connectivity index (χ2n) is 4.28. The third kappa shape index (κ3) is 1.98. The van der Waals surface area contributed by atoms with Crippen molar-refractivity contribution in [2.75, 3.05) is 13.1 Å². The fourth-order valence-electron chi connectivity index (χ4n) is 2.26. The molecule has 3 heteroatoms. The maximum atomic E-state index is 12.0. The van der Waals surface area contributed by atoms with Gasteiger partial charge in [-0.2, -0.15) is 0 Å². The molecule has 0 aromatic carbocycles. The number of amides is 1. The number of nitrogens with zero attached hydrogens (tertiary/aromatic N) is 1. The molecule has 78 valence electrons. The predicted molar refractivity (Wildman–Crippen MR) is 55.7 cm³/mol. The van der Waals surface area contributed by atoms with Crippen molar-refractivity contribution in [3.63, 3.8) is 0 Å². The maximum Gasteiger partial charge on any atom is 0.229 e. The van der Waals surface area contributed by atoms with Gasteiger partial charge in [0.25, 0.3) is 0 Å². The number of nitrogens with two attached hydrogens (primary N) is 1. The highest BCUT2D eigenvalue weighted by atomic mass is 16.2. The number of hydrogen-bond donors (Lipinski definition) is 1. The van der Waals surface area contributed by atoms with E-state index >= 15 is 0 Å². The summed E-state index contributed by atoms with van der Waals surface area (Å²) in [5.74, 6) is 0.344. The van der Waals surface area contributed by atoms with Crippen LogP contribution in [-0.2, 0) is 4.79 Å². The smallest absolute Gasteiger partial charge is 0.229 e. The molecule has 14 heavy (non-hydrogen) atoms. The van der Waals surface area contributed by atoms with E-state index in [0.29, 0.717) is 0 Å². The summed E-state index contributed by atoms with van der Waals surface area (Å²) in [6.45, 7) is 1.89. The molecule has 0 aromatic heterocycles. The molecule has 2 aliphatic rings. The van der Waals surface area contributed by atoms with Gasteiger partial charge in [0.05, 0.1) is 5.92 Å². The van der Waals surface area contributed by atoms with Crippen molar-refractivity contribution in [3.8, 4) is 0 Å². The van der Waals surface area contributed by atoms with Crippen LogP contribution >= 0.6 is 0 Å². The van der Waals surface area contributed by atoms with E-state index < -0.39 is 0 Å². The van der Waals surface area contributed by atoms with Crippen LogP contribution in [0.3, 0.4) is 0 Å². The van der Waals surface area contributed by atoms with Crippen LogP contribution in [-0.4, -0.2) is 29.9 Å². The van der Waals surface area contributed by atoms with Gasteiger partial charge in [-0.25, -0.2) is 0 Å². The van der Waals surface area contributed by atoms with Crippen LogP contribution in [0.2, 0.25) is 0 Å². The highest BCUT2D eigenvalue weighted by molar-refractivity contribution is 5.81. The summed E-state index contributed by atoms with van der Waals surface area (Å²) in [6, 6.07) is 0.0914. The highest BCUT2D eigenvalue weighted by Gasteiger charge is 2.27. The third-order valence-corrected chi connectivity index (χ3v) is 3.10. The van der Waals surface area contributed by atoms with Gasteiger partial charge in [-0.05, 0) is 25.7 Å². The second kappa shape index (κ2) is 4.13. The molecule has 0 radical (unpaired) electrons. The predicted octanol–water partition coefficient (Wildman–Crippen LogP) is 0.902. The zero-order valence-corrected chi connectivity index (χ0v) is 8.48. The summed E-state index contributed by atoms with van der Waals surface area (Å²) in [6.07, 6.45) is 8.32. The van der Waals surface area contributed by atoms with Crippen LogP contribution in [0, 0.1) is 5.92 Å². The van der Waals surface area contributed by atoms with Crippen molar-refractivity contribution in [3.05, 3.63) is 12.2 Å². The average Bonchev–Trinajstić information content (AvgIpc) is 2.65. The van der Waals surface area contributed by atoms with E-state index in [9.17, 15) is 4.79 Å². The zero-order chi connectivity index (χ0) is 9.97. The lowest BCUT2D eigenvalue weighted by Crippen LogP contribution is -2.39. The Hall–Kier alpha value is -0.830. The van der Waals surface area contributed by atoms with Crippen molar-refractivity contribution in [1.29, 1.82) is 0 Å². The molecule has 1 aliphatic carbocycles. The van der Waals surface area contributed by atoms with Gasteiger partial charge in [0.15, 0.2) is 0 Å². The van der Waals surface area contributed by atoms with E-state index in [-0.39, 0.29) is 17.9 Å². The Morgan fingerprint density at radius 1 is 1.21 bits per heavy atom. The summed E-state index contributed by atoms with van der Waals surface area (Å²) in [5, 5.41) is 0. The summed E-state index contributed by atoms with van der Waals surface area (Å²) in [7, 11) is 0. The molecule has 1 aliphatic heterocycles. The fraction of sp³-hybridized carbons (Fsp3) is 0.727. The molecule has 2 N–H and O–H groups in total. The van der Waals surface area contributed by atoms with Crippen molar-refractivity contribution >= 4 is 5.91 Å². The minimum atomic E-state index is 0.0584. The molecule has 2 rings (SSSR count). The monoisotopic (exact) mass is 194 g/mol. The molecule has 3 nitrogen and oxygen atoms in total. The Kier molecular flexibility index (Phi) is 2.87. The molecule has 0 saturated carbocycles. The maximum absolute atomic E-state index is 12.0. The standard InChI is InChI=1S/C11H18N2O/c12-10-5-4-9(8-10)11(14)13-6-2-1-3-7-13/h4-5,9-10H,1-3,6-8,12H2. The second-order valence-corrected chi connectivity index (χ2v) is 4.28. The summed E-state index contributed by atoms with van der Waals surface area (Å²) < 4.78 is 0. The van der Waals surface area contributed by atoms with Gasteiger partial charge >= 0.3 is 0 Å². The van der Waals surface area contributed by atoms with Crippen LogP contribution in [0.4, 0.5) is 0 Å². The molecule has 0 spiro atoms. The number of piperidine rings is 1. The van der Waals surface area contributed by atoms with Gasteiger partial charge in [-0.3, -0.25) is 4.79 Å². The summed E-state index contributed by atoms with van der Waals surface area (Å²) >= 11 is 0. The van der Waals surface area contributed by atoms with Gasteiger partial charge < -0.3 is 10.6 Å². The SMILES string of the molecule is NC1C=CC(C(=O)N2CCCCC2)C1.